The lowest BCUT2D eigenvalue weighted by molar-refractivity contribution is -0.117. The second-order valence-corrected chi connectivity index (χ2v) is 4.34. The van der Waals surface area contributed by atoms with E-state index in [0.717, 1.165) is 0 Å². The van der Waals surface area contributed by atoms with E-state index in [0.29, 0.717) is 11.3 Å². The van der Waals surface area contributed by atoms with Crippen LogP contribution in [0.1, 0.15) is 6.92 Å². The highest BCUT2D eigenvalue weighted by molar-refractivity contribution is 5.97. The van der Waals surface area contributed by atoms with Gasteiger partial charge < -0.3 is 10.6 Å². The van der Waals surface area contributed by atoms with E-state index < -0.39 is 11.2 Å². The number of rotatable bonds is 7. The van der Waals surface area contributed by atoms with Crippen LogP contribution in [0.2, 0.25) is 0 Å². The summed E-state index contributed by atoms with van der Waals surface area (Å²) in [5.41, 5.74) is 0.101. The number of carbonyl (C=O) groups is 1. The Morgan fingerprint density at radius 3 is 2.73 bits per heavy atom. The molecule has 0 spiro atoms. The summed E-state index contributed by atoms with van der Waals surface area (Å²) in [4.78, 5) is 36.7. The molecule has 118 valence electrons. The molecular weight excluding hydrogens is 284 g/mol. The Bertz CT molecular complexity index is 710. The third kappa shape index (κ3) is 4.62. The molecule has 1 aromatic heterocycles. The van der Waals surface area contributed by atoms with E-state index in [1.54, 1.807) is 13.1 Å². The van der Waals surface area contributed by atoms with E-state index in [1.807, 2.05) is 13.0 Å². The van der Waals surface area contributed by atoms with Gasteiger partial charge >= 0.3 is 5.69 Å². The Morgan fingerprint density at radius 1 is 1.45 bits per heavy atom. The van der Waals surface area contributed by atoms with Crippen molar-refractivity contribution in [1.82, 2.24) is 20.2 Å². The SMILES string of the molecule is C=C/C(C(=O)NCCn1ccc(=O)[nH]c1=O)=C(\C=C/C)NC. The Labute approximate surface area is 128 Å². The molecule has 0 aliphatic heterocycles. The first-order chi connectivity index (χ1) is 10.5. The number of nitrogens with one attached hydrogen (secondary N) is 3. The number of carbonyl (C=O) groups excluding carboxylic acids is 1. The average molecular weight is 304 g/mol. The van der Waals surface area contributed by atoms with E-state index in [9.17, 15) is 14.4 Å². The molecule has 0 aliphatic carbocycles. The standard InChI is InChI=1S/C15H20N4O3/c1-4-6-12(16-3)11(5-2)14(21)17-8-10-19-9-7-13(20)18-15(19)22/h4-7,9,16H,2,8,10H2,1,3H3,(H,17,21)(H,18,20,22)/b6-4-,12-11-. The normalized spacial score (nSPS) is 11.9. The van der Waals surface area contributed by atoms with Crippen molar-refractivity contribution in [3.8, 4) is 0 Å². The van der Waals surface area contributed by atoms with Crippen LogP contribution in [0.5, 0.6) is 0 Å². The minimum atomic E-state index is -0.508. The number of amides is 1. The first-order valence-electron chi connectivity index (χ1n) is 6.78. The van der Waals surface area contributed by atoms with Crippen LogP contribution in [-0.4, -0.2) is 29.1 Å². The van der Waals surface area contributed by atoms with Crippen molar-refractivity contribution in [2.75, 3.05) is 13.6 Å². The van der Waals surface area contributed by atoms with Gasteiger partial charge in [-0.15, -0.1) is 0 Å². The number of hydrogen-bond acceptors (Lipinski definition) is 4. The van der Waals surface area contributed by atoms with Crippen molar-refractivity contribution in [3.63, 3.8) is 0 Å². The lowest BCUT2D eigenvalue weighted by atomic mass is 10.1. The molecule has 3 N–H and O–H groups in total. The number of aromatic amines is 1. The van der Waals surface area contributed by atoms with Crippen LogP contribution in [0, 0.1) is 0 Å². The molecule has 0 aliphatic rings. The van der Waals surface area contributed by atoms with Gasteiger partial charge in [0.1, 0.15) is 0 Å². The van der Waals surface area contributed by atoms with Crippen molar-refractivity contribution in [2.24, 2.45) is 0 Å². The maximum atomic E-state index is 12.1. The molecule has 0 atom stereocenters. The molecule has 1 amide bonds. The summed E-state index contributed by atoms with van der Waals surface area (Å²) in [6.45, 7) is 5.98. The van der Waals surface area contributed by atoms with Gasteiger partial charge in [-0.05, 0) is 13.0 Å². The molecular formula is C15H20N4O3. The first-order valence-corrected chi connectivity index (χ1v) is 6.78. The van der Waals surface area contributed by atoms with Gasteiger partial charge in [-0.1, -0.05) is 18.7 Å². The Hall–Kier alpha value is -2.83. The van der Waals surface area contributed by atoms with Crippen molar-refractivity contribution in [3.05, 3.63) is 69.2 Å². The molecule has 0 aromatic carbocycles. The fourth-order valence-corrected chi connectivity index (χ4v) is 1.80. The first kappa shape index (κ1) is 17.2. The molecule has 22 heavy (non-hydrogen) atoms. The molecule has 7 heteroatoms. The van der Waals surface area contributed by atoms with Gasteiger partial charge in [0.25, 0.3) is 11.5 Å². The van der Waals surface area contributed by atoms with Crippen LogP contribution in [0.4, 0.5) is 0 Å². The second-order valence-electron chi connectivity index (χ2n) is 4.34. The number of aromatic nitrogens is 2. The Morgan fingerprint density at radius 2 is 2.18 bits per heavy atom. The van der Waals surface area contributed by atoms with Crippen molar-refractivity contribution < 1.29 is 4.79 Å². The summed E-state index contributed by atoms with van der Waals surface area (Å²) in [6.07, 6.45) is 6.43. The van der Waals surface area contributed by atoms with Gasteiger partial charge in [0.05, 0.1) is 5.57 Å². The van der Waals surface area contributed by atoms with Gasteiger partial charge in [-0.3, -0.25) is 19.1 Å². The monoisotopic (exact) mass is 304 g/mol. The van der Waals surface area contributed by atoms with E-state index in [4.69, 9.17) is 0 Å². The molecule has 0 saturated carbocycles. The zero-order chi connectivity index (χ0) is 16.5. The van der Waals surface area contributed by atoms with Crippen LogP contribution in [0.15, 0.2) is 57.9 Å². The average Bonchev–Trinajstić information content (AvgIpc) is 2.49. The van der Waals surface area contributed by atoms with E-state index in [-0.39, 0.29) is 19.0 Å². The highest BCUT2D eigenvalue weighted by Gasteiger charge is 2.09. The van der Waals surface area contributed by atoms with Crippen molar-refractivity contribution >= 4 is 5.91 Å². The van der Waals surface area contributed by atoms with Crippen LogP contribution in [0.3, 0.4) is 0 Å². The van der Waals surface area contributed by atoms with Crippen LogP contribution < -0.4 is 21.9 Å². The topological polar surface area (TPSA) is 96.0 Å². The molecule has 0 bridgehead atoms. The minimum absolute atomic E-state index is 0.245. The van der Waals surface area contributed by atoms with E-state index in [1.165, 1.54) is 22.9 Å². The predicted octanol–water partition coefficient (Wildman–Crippen LogP) is -0.112. The van der Waals surface area contributed by atoms with E-state index in [2.05, 4.69) is 22.2 Å². The summed E-state index contributed by atoms with van der Waals surface area (Å²) in [5.74, 6) is -0.296. The predicted molar refractivity (Wildman–Crippen MR) is 85.4 cm³/mol. The van der Waals surface area contributed by atoms with Gasteiger partial charge in [0.2, 0.25) is 0 Å². The maximum absolute atomic E-state index is 12.1. The summed E-state index contributed by atoms with van der Waals surface area (Å²) >= 11 is 0. The molecule has 1 rings (SSSR count). The minimum Gasteiger partial charge on any atom is -0.387 e. The van der Waals surface area contributed by atoms with Gasteiger partial charge in [-0.2, -0.15) is 0 Å². The van der Waals surface area contributed by atoms with Crippen LogP contribution >= 0.6 is 0 Å². The number of likely N-dealkylation sites (N-methyl/N-ethyl adjacent to an activating group) is 1. The largest absolute Gasteiger partial charge is 0.387 e. The van der Waals surface area contributed by atoms with Crippen molar-refractivity contribution in [2.45, 2.75) is 13.5 Å². The van der Waals surface area contributed by atoms with Crippen molar-refractivity contribution in [1.29, 1.82) is 0 Å². The quantitative estimate of drug-likeness (QED) is 0.484. The molecule has 0 unspecified atom stereocenters. The molecule has 7 nitrogen and oxygen atoms in total. The lowest BCUT2D eigenvalue weighted by Crippen LogP contribution is -2.34. The van der Waals surface area contributed by atoms with Gasteiger partial charge in [0.15, 0.2) is 0 Å². The molecule has 0 radical (unpaired) electrons. The Kier molecular flexibility index (Phi) is 6.62. The van der Waals surface area contributed by atoms with Gasteiger partial charge in [-0.25, -0.2) is 4.79 Å². The lowest BCUT2D eigenvalue weighted by Gasteiger charge is -2.10. The number of allylic oxidation sites excluding steroid dienone is 2. The third-order valence-corrected chi connectivity index (χ3v) is 2.88. The fourth-order valence-electron chi connectivity index (χ4n) is 1.80. The molecule has 1 heterocycles. The van der Waals surface area contributed by atoms with Crippen LogP contribution in [0.25, 0.3) is 0 Å². The molecule has 0 fully saturated rings. The summed E-state index contributed by atoms with van der Waals surface area (Å²) in [7, 11) is 1.71. The summed E-state index contributed by atoms with van der Waals surface area (Å²) < 4.78 is 1.31. The number of H-pyrrole nitrogens is 1. The fraction of sp³-hybridized carbons (Fsp3) is 0.267. The zero-order valence-corrected chi connectivity index (χ0v) is 12.7. The Balaban J connectivity index is 2.74. The van der Waals surface area contributed by atoms with Gasteiger partial charge in [0, 0.05) is 38.1 Å². The summed E-state index contributed by atoms with van der Waals surface area (Å²) in [5, 5.41) is 5.63. The smallest absolute Gasteiger partial charge is 0.328 e. The highest BCUT2D eigenvalue weighted by atomic mass is 16.2. The molecule has 1 aromatic rings. The number of hydrogen-bond donors (Lipinski definition) is 3. The number of nitrogens with zero attached hydrogens (tertiary/aromatic N) is 1. The maximum Gasteiger partial charge on any atom is 0.328 e. The second kappa shape index (κ2) is 8.46. The summed E-state index contributed by atoms with van der Waals surface area (Å²) in [6, 6.07) is 1.25. The zero-order valence-electron chi connectivity index (χ0n) is 12.7. The van der Waals surface area contributed by atoms with Crippen LogP contribution in [-0.2, 0) is 11.3 Å². The molecule has 0 saturated heterocycles. The van der Waals surface area contributed by atoms with E-state index >= 15 is 0 Å². The highest BCUT2D eigenvalue weighted by Crippen LogP contribution is 2.04. The third-order valence-electron chi connectivity index (χ3n) is 2.88.